The molecule has 104 valence electrons. The molecule has 0 bridgehead atoms. The molecule has 0 radical (unpaired) electrons. The average molecular weight is 267 g/mol. The van der Waals surface area contributed by atoms with Crippen molar-refractivity contribution in [3.8, 4) is 0 Å². The van der Waals surface area contributed by atoms with Crippen LogP contribution in [0, 0.1) is 0 Å². The molecular weight excluding hydrogens is 250 g/mol. The average Bonchev–Trinajstić information content (AvgIpc) is 2.35. The number of ether oxygens (including phenoxy) is 1. The molecule has 0 saturated heterocycles. The van der Waals surface area contributed by atoms with Gasteiger partial charge >= 0.3 is 5.97 Å². The van der Waals surface area contributed by atoms with E-state index in [9.17, 15) is 14.7 Å². The zero-order chi connectivity index (χ0) is 14.4. The minimum atomic E-state index is -1.33. The SMILES string of the molecule is COCc1cccc(C(=O)NC(C(=O)O)C(C)O)c1. The van der Waals surface area contributed by atoms with E-state index >= 15 is 0 Å². The molecule has 0 saturated carbocycles. The van der Waals surface area contributed by atoms with Crippen molar-refractivity contribution < 1.29 is 24.5 Å². The van der Waals surface area contributed by atoms with Crippen LogP contribution in [0.4, 0.5) is 0 Å². The van der Waals surface area contributed by atoms with Crippen LogP contribution in [0.5, 0.6) is 0 Å². The maximum absolute atomic E-state index is 11.9. The number of methoxy groups -OCH3 is 1. The molecular formula is C13H17NO5. The predicted molar refractivity (Wildman–Crippen MR) is 67.7 cm³/mol. The number of hydrogen-bond donors (Lipinski definition) is 3. The largest absolute Gasteiger partial charge is 0.480 e. The summed E-state index contributed by atoms with van der Waals surface area (Å²) in [4.78, 5) is 22.8. The summed E-state index contributed by atoms with van der Waals surface area (Å²) in [5.74, 6) is -1.83. The number of carboxylic acids is 1. The number of amides is 1. The number of hydrogen-bond acceptors (Lipinski definition) is 4. The first-order chi connectivity index (χ1) is 8.95. The molecule has 1 rings (SSSR count). The first kappa shape index (κ1) is 15.1. The highest BCUT2D eigenvalue weighted by atomic mass is 16.5. The minimum Gasteiger partial charge on any atom is -0.480 e. The summed E-state index contributed by atoms with van der Waals surface area (Å²) in [7, 11) is 1.54. The van der Waals surface area contributed by atoms with E-state index in [4.69, 9.17) is 9.84 Å². The maximum Gasteiger partial charge on any atom is 0.328 e. The first-order valence-corrected chi connectivity index (χ1v) is 5.75. The Labute approximate surface area is 111 Å². The molecule has 0 heterocycles. The predicted octanol–water partition coefficient (Wildman–Crippen LogP) is 0.397. The van der Waals surface area contributed by atoms with Crippen LogP contribution in [-0.4, -0.2) is 41.3 Å². The van der Waals surface area contributed by atoms with Gasteiger partial charge in [0.05, 0.1) is 12.7 Å². The first-order valence-electron chi connectivity index (χ1n) is 5.75. The van der Waals surface area contributed by atoms with Gasteiger partial charge in [0.1, 0.15) is 0 Å². The van der Waals surface area contributed by atoms with E-state index in [1.165, 1.54) is 6.92 Å². The molecule has 6 heteroatoms. The van der Waals surface area contributed by atoms with E-state index in [2.05, 4.69) is 5.32 Å². The molecule has 3 N–H and O–H groups in total. The molecule has 0 aliphatic rings. The minimum absolute atomic E-state index is 0.321. The Hall–Kier alpha value is -1.92. The van der Waals surface area contributed by atoms with Gasteiger partial charge in [0.2, 0.25) is 0 Å². The Kier molecular flexibility index (Phi) is 5.47. The third-order valence-corrected chi connectivity index (χ3v) is 2.54. The van der Waals surface area contributed by atoms with Crippen molar-refractivity contribution in [2.75, 3.05) is 7.11 Å². The highest BCUT2D eigenvalue weighted by Gasteiger charge is 2.25. The Bertz CT molecular complexity index is 458. The smallest absolute Gasteiger partial charge is 0.328 e. The van der Waals surface area contributed by atoms with E-state index in [1.54, 1.807) is 31.4 Å². The van der Waals surface area contributed by atoms with E-state index < -0.39 is 24.0 Å². The fourth-order valence-electron chi connectivity index (χ4n) is 1.58. The maximum atomic E-state index is 11.9. The van der Waals surface area contributed by atoms with Gasteiger partial charge in [0, 0.05) is 12.7 Å². The van der Waals surface area contributed by atoms with Gasteiger partial charge in [-0.3, -0.25) is 4.79 Å². The normalized spacial score (nSPS) is 13.6. The number of benzene rings is 1. The van der Waals surface area contributed by atoms with Gasteiger partial charge in [-0.05, 0) is 24.6 Å². The molecule has 0 aliphatic heterocycles. The summed E-state index contributed by atoms with van der Waals surface area (Å²) < 4.78 is 4.95. The van der Waals surface area contributed by atoms with Crippen molar-refractivity contribution in [1.82, 2.24) is 5.32 Å². The monoisotopic (exact) mass is 267 g/mol. The highest BCUT2D eigenvalue weighted by Crippen LogP contribution is 2.07. The third-order valence-electron chi connectivity index (χ3n) is 2.54. The molecule has 0 aliphatic carbocycles. The number of nitrogens with one attached hydrogen (secondary N) is 1. The van der Waals surface area contributed by atoms with Crippen LogP contribution in [0.2, 0.25) is 0 Å². The summed E-state index contributed by atoms with van der Waals surface area (Å²) in [5, 5.41) is 20.5. The lowest BCUT2D eigenvalue weighted by Gasteiger charge is -2.17. The molecule has 0 aromatic heterocycles. The topological polar surface area (TPSA) is 95.9 Å². The van der Waals surface area contributed by atoms with Crippen LogP contribution in [0.25, 0.3) is 0 Å². The summed E-state index contributed by atoms with van der Waals surface area (Å²) in [6.07, 6.45) is -1.18. The summed E-state index contributed by atoms with van der Waals surface area (Å²) in [6, 6.07) is 5.32. The number of rotatable bonds is 6. The summed E-state index contributed by atoms with van der Waals surface area (Å²) in [6.45, 7) is 1.67. The molecule has 19 heavy (non-hydrogen) atoms. The number of aliphatic hydroxyl groups excluding tert-OH is 1. The second kappa shape index (κ2) is 6.86. The standard InChI is InChI=1S/C13H17NO5/c1-8(15)11(13(17)18)14-12(16)10-5-3-4-9(6-10)7-19-2/h3-6,8,11,15H,7H2,1-2H3,(H,14,16)(H,17,18). The van der Waals surface area contributed by atoms with Crippen molar-refractivity contribution >= 4 is 11.9 Å². The third kappa shape index (κ3) is 4.35. The van der Waals surface area contributed by atoms with E-state index in [1.807, 2.05) is 0 Å². The lowest BCUT2D eigenvalue weighted by atomic mass is 10.1. The van der Waals surface area contributed by atoms with Gasteiger partial charge in [-0.2, -0.15) is 0 Å². The number of carbonyl (C=O) groups is 2. The molecule has 1 aromatic carbocycles. The highest BCUT2D eigenvalue weighted by molar-refractivity contribution is 5.96. The number of carbonyl (C=O) groups excluding carboxylic acids is 1. The molecule has 2 atom stereocenters. The van der Waals surface area contributed by atoms with Crippen LogP contribution in [0.3, 0.4) is 0 Å². The number of aliphatic carboxylic acids is 1. The Morgan fingerprint density at radius 1 is 1.42 bits per heavy atom. The van der Waals surface area contributed by atoms with Crippen molar-refractivity contribution in [3.05, 3.63) is 35.4 Å². The van der Waals surface area contributed by atoms with Crippen LogP contribution in [-0.2, 0) is 16.1 Å². The van der Waals surface area contributed by atoms with Crippen molar-refractivity contribution in [2.24, 2.45) is 0 Å². The molecule has 6 nitrogen and oxygen atoms in total. The van der Waals surface area contributed by atoms with Gasteiger partial charge < -0.3 is 20.3 Å². The fourth-order valence-corrected chi connectivity index (χ4v) is 1.58. The Balaban J connectivity index is 2.82. The van der Waals surface area contributed by atoms with E-state index in [0.29, 0.717) is 12.2 Å². The lowest BCUT2D eigenvalue weighted by molar-refractivity contribution is -0.141. The second-order valence-electron chi connectivity index (χ2n) is 4.16. The van der Waals surface area contributed by atoms with Gasteiger partial charge in [-0.1, -0.05) is 12.1 Å². The quantitative estimate of drug-likeness (QED) is 0.693. The second-order valence-corrected chi connectivity index (χ2v) is 4.16. The van der Waals surface area contributed by atoms with Crippen LogP contribution in [0.15, 0.2) is 24.3 Å². The van der Waals surface area contributed by atoms with Crippen molar-refractivity contribution in [2.45, 2.75) is 25.7 Å². The van der Waals surface area contributed by atoms with E-state index in [0.717, 1.165) is 5.56 Å². The molecule has 1 aromatic rings. The zero-order valence-electron chi connectivity index (χ0n) is 10.8. The summed E-state index contributed by atoms with van der Waals surface area (Å²) >= 11 is 0. The van der Waals surface area contributed by atoms with Gasteiger partial charge in [0.15, 0.2) is 6.04 Å². The molecule has 1 amide bonds. The van der Waals surface area contributed by atoms with E-state index in [-0.39, 0.29) is 0 Å². The number of aliphatic hydroxyl groups is 1. The Morgan fingerprint density at radius 2 is 2.11 bits per heavy atom. The molecule has 0 spiro atoms. The van der Waals surface area contributed by atoms with Gasteiger partial charge in [-0.15, -0.1) is 0 Å². The van der Waals surface area contributed by atoms with Crippen LogP contribution in [0.1, 0.15) is 22.8 Å². The van der Waals surface area contributed by atoms with Crippen LogP contribution >= 0.6 is 0 Å². The van der Waals surface area contributed by atoms with Gasteiger partial charge in [0.25, 0.3) is 5.91 Å². The lowest BCUT2D eigenvalue weighted by Crippen LogP contribution is -2.47. The van der Waals surface area contributed by atoms with Crippen LogP contribution < -0.4 is 5.32 Å². The zero-order valence-corrected chi connectivity index (χ0v) is 10.8. The summed E-state index contributed by atoms with van der Waals surface area (Å²) in [5.41, 5.74) is 1.13. The Morgan fingerprint density at radius 3 is 2.63 bits per heavy atom. The van der Waals surface area contributed by atoms with Gasteiger partial charge in [-0.25, -0.2) is 4.79 Å². The molecule has 0 fully saturated rings. The number of carboxylic acid groups (broad SMARTS) is 1. The van der Waals surface area contributed by atoms with Crippen molar-refractivity contribution in [1.29, 1.82) is 0 Å². The molecule has 2 unspecified atom stereocenters. The van der Waals surface area contributed by atoms with Crippen molar-refractivity contribution in [3.63, 3.8) is 0 Å². The fraction of sp³-hybridized carbons (Fsp3) is 0.385.